The smallest absolute Gasteiger partial charge is 0.0215 e. The molecule has 1 unspecified atom stereocenters. The van der Waals surface area contributed by atoms with Crippen LogP contribution in [0.5, 0.6) is 0 Å². The van der Waals surface area contributed by atoms with Crippen LogP contribution in [0.3, 0.4) is 0 Å². The van der Waals surface area contributed by atoms with Gasteiger partial charge in [0.05, 0.1) is 0 Å². The summed E-state index contributed by atoms with van der Waals surface area (Å²) < 4.78 is 0.700. The van der Waals surface area contributed by atoms with Crippen molar-refractivity contribution < 1.29 is 0 Å². The average Bonchev–Trinajstić information content (AvgIpc) is 2.28. The van der Waals surface area contributed by atoms with Gasteiger partial charge in [-0.1, -0.05) is 78.0 Å². The zero-order valence-electron chi connectivity index (χ0n) is 14.7. The van der Waals surface area contributed by atoms with Crippen molar-refractivity contribution >= 4 is 22.6 Å². The summed E-state index contributed by atoms with van der Waals surface area (Å²) in [5.74, 6) is 0. The van der Waals surface area contributed by atoms with Crippen molar-refractivity contribution in [1.82, 2.24) is 5.32 Å². The molecule has 0 aromatic rings. The summed E-state index contributed by atoms with van der Waals surface area (Å²) >= 11 is 2.71. The summed E-state index contributed by atoms with van der Waals surface area (Å²) in [4.78, 5) is 0. The zero-order chi connectivity index (χ0) is 15.5. The van der Waals surface area contributed by atoms with E-state index in [0.717, 1.165) is 0 Å². The van der Waals surface area contributed by atoms with Gasteiger partial charge in [0.2, 0.25) is 0 Å². The van der Waals surface area contributed by atoms with Crippen molar-refractivity contribution in [2.75, 3.05) is 7.05 Å². The first-order valence-electron chi connectivity index (χ1n) is 7.76. The van der Waals surface area contributed by atoms with Crippen LogP contribution in [0.4, 0.5) is 0 Å². The first-order chi connectivity index (χ1) is 8.44. The Morgan fingerprint density at radius 1 is 0.895 bits per heavy atom. The van der Waals surface area contributed by atoms with Gasteiger partial charge in [0.15, 0.2) is 0 Å². The fourth-order valence-electron chi connectivity index (χ4n) is 3.17. The van der Waals surface area contributed by atoms with Crippen LogP contribution in [0.1, 0.15) is 74.7 Å². The van der Waals surface area contributed by atoms with Crippen molar-refractivity contribution in [3.63, 3.8) is 0 Å². The van der Waals surface area contributed by atoms with E-state index in [-0.39, 0.29) is 0 Å². The van der Waals surface area contributed by atoms with Gasteiger partial charge in [0.25, 0.3) is 0 Å². The van der Waals surface area contributed by atoms with E-state index in [1.165, 1.54) is 19.3 Å². The van der Waals surface area contributed by atoms with Crippen LogP contribution >= 0.6 is 22.6 Å². The third-order valence-corrected chi connectivity index (χ3v) is 7.90. The molecule has 0 fully saturated rings. The van der Waals surface area contributed by atoms with Gasteiger partial charge in [0, 0.05) is 9.97 Å². The SMILES string of the molecule is CCC(CC)(CC(NC)C(C)(C)C)[C@H](I)C(C)(C)C. The molecule has 19 heavy (non-hydrogen) atoms. The Morgan fingerprint density at radius 2 is 1.32 bits per heavy atom. The van der Waals surface area contributed by atoms with Crippen LogP contribution in [0, 0.1) is 16.2 Å². The summed E-state index contributed by atoms with van der Waals surface area (Å²) in [5.41, 5.74) is 1.11. The number of alkyl halides is 1. The molecule has 0 spiro atoms. The minimum atomic E-state index is 0.318. The monoisotopic (exact) mass is 381 g/mol. The molecule has 0 saturated heterocycles. The number of halogens is 1. The van der Waals surface area contributed by atoms with Crippen LogP contribution in [-0.4, -0.2) is 17.0 Å². The Hall–Kier alpha value is 0.690. The van der Waals surface area contributed by atoms with Gasteiger partial charge in [-0.05, 0) is 42.6 Å². The van der Waals surface area contributed by atoms with Crippen molar-refractivity contribution in [3.8, 4) is 0 Å². The minimum absolute atomic E-state index is 0.318. The molecule has 0 radical (unpaired) electrons. The van der Waals surface area contributed by atoms with Gasteiger partial charge >= 0.3 is 0 Å². The molecule has 1 nitrogen and oxygen atoms in total. The average molecular weight is 381 g/mol. The standard InChI is InChI=1S/C17H36IN/c1-10-17(11-2,14(18)16(6,7)8)12-13(19-9)15(3,4)5/h13-14,19H,10-12H2,1-9H3/t13?,14-/m1/s1. The quantitative estimate of drug-likeness (QED) is 0.462. The third kappa shape index (κ3) is 5.18. The molecule has 116 valence electrons. The van der Waals surface area contributed by atoms with Crippen molar-refractivity contribution in [3.05, 3.63) is 0 Å². The number of nitrogens with one attached hydrogen (secondary N) is 1. The Bertz CT molecular complexity index is 255. The highest BCUT2D eigenvalue weighted by atomic mass is 127. The largest absolute Gasteiger partial charge is 0.316 e. The molecule has 0 rings (SSSR count). The van der Waals surface area contributed by atoms with Crippen LogP contribution in [-0.2, 0) is 0 Å². The number of rotatable bonds is 6. The molecule has 0 aliphatic carbocycles. The lowest BCUT2D eigenvalue weighted by Gasteiger charge is -2.47. The van der Waals surface area contributed by atoms with Gasteiger partial charge in [-0.15, -0.1) is 0 Å². The fraction of sp³-hybridized carbons (Fsp3) is 1.00. The molecule has 0 amide bonds. The number of hydrogen-bond donors (Lipinski definition) is 1. The van der Waals surface area contributed by atoms with Crippen LogP contribution in [0.15, 0.2) is 0 Å². The summed E-state index contributed by atoms with van der Waals surface area (Å²) in [5, 5.41) is 3.57. The van der Waals surface area contributed by atoms with Crippen molar-refractivity contribution in [1.29, 1.82) is 0 Å². The third-order valence-electron chi connectivity index (χ3n) is 4.71. The predicted molar refractivity (Wildman–Crippen MR) is 97.2 cm³/mol. The normalized spacial score (nSPS) is 17.4. The molecular weight excluding hydrogens is 345 g/mol. The lowest BCUT2D eigenvalue weighted by Crippen LogP contribution is -2.47. The van der Waals surface area contributed by atoms with E-state index in [1.807, 2.05) is 0 Å². The van der Waals surface area contributed by atoms with E-state index in [4.69, 9.17) is 0 Å². The van der Waals surface area contributed by atoms with Gasteiger partial charge in [-0.3, -0.25) is 0 Å². The highest BCUT2D eigenvalue weighted by molar-refractivity contribution is 14.1. The van der Waals surface area contributed by atoms with Gasteiger partial charge in [0.1, 0.15) is 0 Å². The van der Waals surface area contributed by atoms with E-state index in [0.29, 0.717) is 26.2 Å². The predicted octanol–water partition coefficient (Wildman–Crippen LogP) is 5.67. The molecule has 0 aliphatic rings. The van der Waals surface area contributed by atoms with E-state index < -0.39 is 0 Å². The summed E-state index contributed by atoms with van der Waals surface area (Å²) in [6, 6.07) is 0.576. The minimum Gasteiger partial charge on any atom is -0.316 e. The Labute approximate surface area is 135 Å². The van der Waals surface area contributed by atoms with Crippen molar-refractivity contribution in [2.45, 2.75) is 84.6 Å². The van der Waals surface area contributed by atoms with Crippen LogP contribution < -0.4 is 5.32 Å². The van der Waals surface area contributed by atoms with Gasteiger partial charge in [-0.2, -0.15) is 0 Å². The molecule has 1 N–H and O–H groups in total. The fourth-order valence-corrected chi connectivity index (χ4v) is 4.30. The van der Waals surface area contributed by atoms with E-state index in [9.17, 15) is 0 Å². The van der Waals surface area contributed by atoms with E-state index >= 15 is 0 Å². The molecule has 2 heteroatoms. The molecule has 0 bridgehead atoms. The first-order valence-corrected chi connectivity index (χ1v) is 9.00. The maximum atomic E-state index is 3.57. The highest BCUT2D eigenvalue weighted by Crippen LogP contribution is 2.49. The van der Waals surface area contributed by atoms with Gasteiger partial charge < -0.3 is 5.32 Å². The van der Waals surface area contributed by atoms with E-state index in [2.05, 4.69) is 90.3 Å². The molecule has 2 atom stereocenters. The molecule has 0 heterocycles. The highest BCUT2D eigenvalue weighted by Gasteiger charge is 2.43. The second-order valence-electron chi connectivity index (χ2n) is 8.21. The Kier molecular flexibility index (Phi) is 7.36. The summed E-state index contributed by atoms with van der Waals surface area (Å²) in [6.07, 6.45) is 3.80. The van der Waals surface area contributed by atoms with E-state index in [1.54, 1.807) is 0 Å². The van der Waals surface area contributed by atoms with Crippen LogP contribution in [0.25, 0.3) is 0 Å². The second kappa shape index (κ2) is 7.11. The molecular formula is C17H36IN. The Morgan fingerprint density at radius 3 is 1.53 bits per heavy atom. The van der Waals surface area contributed by atoms with Gasteiger partial charge in [-0.25, -0.2) is 0 Å². The summed E-state index contributed by atoms with van der Waals surface area (Å²) in [7, 11) is 2.12. The lowest BCUT2D eigenvalue weighted by atomic mass is 9.64. The number of hydrogen-bond acceptors (Lipinski definition) is 1. The Balaban J connectivity index is 5.31. The van der Waals surface area contributed by atoms with Crippen molar-refractivity contribution in [2.24, 2.45) is 16.2 Å². The first kappa shape index (κ1) is 19.7. The molecule has 0 aliphatic heterocycles. The maximum absolute atomic E-state index is 3.57. The van der Waals surface area contributed by atoms with Crippen LogP contribution in [0.2, 0.25) is 0 Å². The topological polar surface area (TPSA) is 12.0 Å². The molecule has 0 aromatic carbocycles. The summed E-state index contributed by atoms with van der Waals surface area (Å²) in [6.45, 7) is 18.9. The second-order valence-corrected chi connectivity index (χ2v) is 9.46. The zero-order valence-corrected chi connectivity index (χ0v) is 16.8. The lowest BCUT2D eigenvalue weighted by molar-refractivity contribution is 0.115. The molecule has 0 saturated carbocycles. The molecule has 0 aromatic heterocycles. The maximum Gasteiger partial charge on any atom is 0.0215 e.